The summed E-state index contributed by atoms with van der Waals surface area (Å²) in [6.07, 6.45) is 3.65. The van der Waals surface area contributed by atoms with Gasteiger partial charge in [-0.05, 0) is 40.2 Å². The maximum Gasteiger partial charge on any atom is 0.0470 e. The predicted octanol–water partition coefficient (Wildman–Crippen LogP) is 1.92. The molecule has 17 heavy (non-hydrogen) atoms. The molecule has 1 atom stereocenters. The largest absolute Gasteiger partial charge is 0.329 e. The zero-order valence-electron chi connectivity index (χ0n) is 12.4. The van der Waals surface area contributed by atoms with Crippen LogP contribution >= 0.6 is 0 Å². The highest BCUT2D eigenvalue weighted by molar-refractivity contribution is 5.01. The highest BCUT2D eigenvalue weighted by Gasteiger charge is 2.42. The Morgan fingerprint density at radius 3 is 2.24 bits per heavy atom. The van der Waals surface area contributed by atoms with Gasteiger partial charge in [0.15, 0.2) is 0 Å². The molecule has 1 heterocycles. The van der Waals surface area contributed by atoms with Gasteiger partial charge in [0.25, 0.3) is 0 Å². The number of likely N-dealkylation sites (N-methyl/N-ethyl adjacent to an activating group) is 1. The van der Waals surface area contributed by atoms with E-state index in [1.165, 1.54) is 25.8 Å². The van der Waals surface area contributed by atoms with Crippen molar-refractivity contribution < 1.29 is 0 Å². The number of nitrogens with zero attached hydrogens (tertiary/aromatic N) is 2. The first-order valence-electron chi connectivity index (χ1n) is 7.17. The van der Waals surface area contributed by atoms with Crippen LogP contribution < -0.4 is 5.73 Å². The Morgan fingerprint density at radius 1 is 1.29 bits per heavy atom. The van der Waals surface area contributed by atoms with Crippen LogP contribution in [0.5, 0.6) is 0 Å². The number of rotatable bonds is 6. The van der Waals surface area contributed by atoms with Crippen LogP contribution in [-0.4, -0.2) is 54.1 Å². The minimum Gasteiger partial charge on any atom is -0.329 e. The molecule has 102 valence electrons. The standard InChI is InChI=1S/C14H31N3/c1-6-13(7-2)16(5)14(10-15)8-9-17(11-14)12(3)4/h12-13H,6-11,15H2,1-5H3. The highest BCUT2D eigenvalue weighted by Crippen LogP contribution is 2.30. The molecule has 1 fully saturated rings. The third-order valence-electron chi connectivity index (χ3n) is 4.71. The molecule has 0 saturated carbocycles. The van der Waals surface area contributed by atoms with E-state index < -0.39 is 0 Å². The lowest BCUT2D eigenvalue weighted by molar-refractivity contribution is 0.0738. The fourth-order valence-electron chi connectivity index (χ4n) is 3.15. The first kappa shape index (κ1) is 14.9. The molecular weight excluding hydrogens is 210 g/mol. The summed E-state index contributed by atoms with van der Waals surface area (Å²) < 4.78 is 0. The summed E-state index contributed by atoms with van der Waals surface area (Å²) in [6, 6.07) is 1.31. The topological polar surface area (TPSA) is 32.5 Å². The number of nitrogens with two attached hydrogens (primary N) is 1. The van der Waals surface area contributed by atoms with Gasteiger partial charge in [0, 0.05) is 37.3 Å². The smallest absolute Gasteiger partial charge is 0.0470 e. The molecule has 3 nitrogen and oxygen atoms in total. The minimum absolute atomic E-state index is 0.209. The summed E-state index contributed by atoms with van der Waals surface area (Å²) >= 11 is 0. The van der Waals surface area contributed by atoms with Gasteiger partial charge >= 0.3 is 0 Å². The lowest BCUT2D eigenvalue weighted by Gasteiger charge is -2.43. The molecule has 0 aromatic carbocycles. The molecule has 0 bridgehead atoms. The van der Waals surface area contributed by atoms with Gasteiger partial charge < -0.3 is 5.73 Å². The summed E-state index contributed by atoms with van der Waals surface area (Å²) in [5.74, 6) is 0. The SMILES string of the molecule is CCC(CC)N(C)C1(CN)CCN(C(C)C)C1. The average molecular weight is 241 g/mol. The van der Waals surface area contributed by atoms with Crippen LogP contribution in [-0.2, 0) is 0 Å². The van der Waals surface area contributed by atoms with Gasteiger partial charge in [-0.3, -0.25) is 9.80 Å². The second-order valence-corrected chi connectivity index (χ2v) is 5.82. The molecule has 1 saturated heterocycles. The average Bonchev–Trinajstić information content (AvgIpc) is 2.76. The number of likely N-dealkylation sites (tertiary alicyclic amines) is 1. The van der Waals surface area contributed by atoms with E-state index in [1.54, 1.807) is 0 Å². The van der Waals surface area contributed by atoms with E-state index in [4.69, 9.17) is 5.73 Å². The molecule has 0 aromatic heterocycles. The Labute approximate surface area is 107 Å². The van der Waals surface area contributed by atoms with Gasteiger partial charge in [-0.2, -0.15) is 0 Å². The maximum absolute atomic E-state index is 6.11. The van der Waals surface area contributed by atoms with E-state index in [0.29, 0.717) is 12.1 Å². The van der Waals surface area contributed by atoms with Crippen molar-refractivity contribution in [3.8, 4) is 0 Å². The van der Waals surface area contributed by atoms with Crippen molar-refractivity contribution >= 4 is 0 Å². The van der Waals surface area contributed by atoms with Crippen molar-refractivity contribution in [2.75, 3.05) is 26.7 Å². The van der Waals surface area contributed by atoms with Crippen molar-refractivity contribution in [1.29, 1.82) is 0 Å². The van der Waals surface area contributed by atoms with Crippen LogP contribution in [0.15, 0.2) is 0 Å². The van der Waals surface area contributed by atoms with E-state index in [0.717, 1.165) is 13.1 Å². The Balaban J connectivity index is 2.76. The number of hydrogen-bond donors (Lipinski definition) is 1. The molecule has 1 unspecified atom stereocenters. The molecule has 1 aliphatic heterocycles. The van der Waals surface area contributed by atoms with E-state index in [9.17, 15) is 0 Å². The van der Waals surface area contributed by atoms with E-state index >= 15 is 0 Å². The van der Waals surface area contributed by atoms with E-state index in [1.807, 2.05) is 0 Å². The van der Waals surface area contributed by atoms with Crippen molar-refractivity contribution in [2.45, 2.75) is 64.6 Å². The minimum atomic E-state index is 0.209. The molecule has 0 spiro atoms. The summed E-state index contributed by atoms with van der Waals surface area (Å²) in [5.41, 5.74) is 6.32. The monoisotopic (exact) mass is 241 g/mol. The summed E-state index contributed by atoms with van der Waals surface area (Å²) in [7, 11) is 2.27. The van der Waals surface area contributed by atoms with Crippen molar-refractivity contribution in [2.24, 2.45) is 5.73 Å². The number of hydrogen-bond acceptors (Lipinski definition) is 3. The van der Waals surface area contributed by atoms with Gasteiger partial charge in [-0.25, -0.2) is 0 Å². The third kappa shape index (κ3) is 3.01. The first-order valence-corrected chi connectivity index (χ1v) is 7.17. The molecule has 0 aromatic rings. The molecule has 1 aliphatic rings. The van der Waals surface area contributed by atoms with Crippen molar-refractivity contribution in [3.63, 3.8) is 0 Å². The van der Waals surface area contributed by atoms with E-state index in [-0.39, 0.29) is 5.54 Å². The quantitative estimate of drug-likeness (QED) is 0.771. The predicted molar refractivity (Wildman–Crippen MR) is 75.2 cm³/mol. The lowest BCUT2D eigenvalue weighted by Crippen LogP contribution is -2.57. The van der Waals surface area contributed by atoms with Gasteiger partial charge in [-0.1, -0.05) is 13.8 Å². The van der Waals surface area contributed by atoms with Crippen molar-refractivity contribution in [1.82, 2.24) is 9.80 Å². The van der Waals surface area contributed by atoms with Crippen LogP contribution in [0.3, 0.4) is 0 Å². The molecule has 0 amide bonds. The third-order valence-corrected chi connectivity index (χ3v) is 4.71. The molecular formula is C14H31N3. The summed E-state index contributed by atoms with van der Waals surface area (Å²) in [5, 5.41) is 0. The van der Waals surface area contributed by atoms with Gasteiger partial charge in [0.05, 0.1) is 0 Å². The lowest BCUT2D eigenvalue weighted by atomic mass is 9.93. The maximum atomic E-state index is 6.11. The van der Waals surface area contributed by atoms with Gasteiger partial charge in [0.2, 0.25) is 0 Å². The molecule has 3 heteroatoms. The van der Waals surface area contributed by atoms with Crippen LogP contribution in [0.4, 0.5) is 0 Å². The van der Waals surface area contributed by atoms with Crippen LogP contribution in [0.25, 0.3) is 0 Å². The van der Waals surface area contributed by atoms with Gasteiger partial charge in [0.1, 0.15) is 0 Å². The fraction of sp³-hybridized carbons (Fsp3) is 1.00. The zero-order chi connectivity index (χ0) is 13.1. The Bertz CT molecular complexity index is 226. The molecule has 0 radical (unpaired) electrons. The van der Waals surface area contributed by atoms with Crippen LogP contribution in [0, 0.1) is 0 Å². The highest BCUT2D eigenvalue weighted by atomic mass is 15.3. The second kappa shape index (κ2) is 6.17. The fourth-order valence-corrected chi connectivity index (χ4v) is 3.15. The molecule has 1 rings (SSSR count). The first-order chi connectivity index (χ1) is 8.00. The van der Waals surface area contributed by atoms with Gasteiger partial charge in [-0.15, -0.1) is 0 Å². The summed E-state index contributed by atoms with van der Waals surface area (Å²) in [6.45, 7) is 12.2. The van der Waals surface area contributed by atoms with Crippen LogP contribution in [0.2, 0.25) is 0 Å². The Morgan fingerprint density at radius 2 is 1.88 bits per heavy atom. The normalized spacial score (nSPS) is 26.6. The van der Waals surface area contributed by atoms with E-state index in [2.05, 4.69) is 44.5 Å². The molecule has 0 aliphatic carbocycles. The second-order valence-electron chi connectivity index (χ2n) is 5.82. The Hall–Kier alpha value is -0.120. The van der Waals surface area contributed by atoms with Crippen LogP contribution in [0.1, 0.15) is 47.0 Å². The summed E-state index contributed by atoms with van der Waals surface area (Å²) in [4.78, 5) is 5.13. The van der Waals surface area contributed by atoms with Crippen molar-refractivity contribution in [3.05, 3.63) is 0 Å². The Kier molecular flexibility index (Phi) is 5.42. The molecule has 2 N–H and O–H groups in total. The zero-order valence-corrected chi connectivity index (χ0v) is 12.4.